The van der Waals surface area contributed by atoms with E-state index in [1.54, 1.807) is 4.68 Å². The first kappa shape index (κ1) is 15.3. The van der Waals surface area contributed by atoms with E-state index in [1.165, 1.54) is 41.8 Å². The van der Waals surface area contributed by atoms with E-state index in [0.29, 0.717) is 5.92 Å². The van der Waals surface area contributed by atoms with Gasteiger partial charge in [-0.05, 0) is 56.1 Å². The second-order valence-corrected chi connectivity index (χ2v) is 7.88. The van der Waals surface area contributed by atoms with Crippen LogP contribution in [0.4, 0.5) is 0 Å². The molecule has 0 unspecified atom stereocenters. The van der Waals surface area contributed by atoms with Gasteiger partial charge in [-0.25, -0.2) is 4.68 Å². The Morgan fingerprint density at radius 1 is 1.12 bits per heavy atom. The van der Waals surface area contributed by atoms with Crippen molar-refractivity contribution in [3.63, 3.8) is 0 Å². The number of aromatic nitrogens is 4. The molecule has 0 saturated carbocycles. The highest BCUT2D eigenvalue weighted by Crippen LogP contribution is 2.26. The molecule has 0 spiro atoms. The topological polar surface area (TPSA) is 66.8 Å². The maximum Gasteiger partial charge on any atom is 0.267 e. The Hall–Kier alpha value is -1.95. The minimum absolute atomic E-state index is 0.0699. The normalized spacial score (nSPS) is 20.3. The van der Waals surface area contributed by atoms with Crippen molar-refractivity contribution < 1.29 is 0 Å². The summed E-state index contributed by atoms with van der Waals surface area (Å²) >= 11 is 0. The Labute approximate surface area is 147 Å². The molecule has 6 heteroatoms. The summed E-state index contributed by atoms with van der Waals surface area (Å²) in [7, 11) is 0. The Morgan fingerprint density at radius 3 is 2.92 bits per heavy atom. The molecule has 0 aromatic carbocycles. The molecular formula is C19H25N5O. The molecule has 1 fully saturated rings. The highest BCUT2D eigenvalue weighted by molar-refractivity contribution is 5.27. The van der Waals surface area contributed by atoms with E-state index in [1.807, 2.05) is 6.07 Å². The third kappa shape index (κ3) is 2.82. The number of aryl methyl sites for hydroxylation is 3. The minimum Gasteiger partial charge on any atom is -0.297 e. The van der Waals surface area contributed by atoms with Crippen LogP contribution in [0, 0.1) is 5.92 Å². The fourth-order valence-electron chi connectivity index (χ4n) is 4.63. The standard InChI is InChI=1S/C19H25N5O/c25-19-8-14-4-3-7-16(14)22-24(19)11-13-9-23(10-13)12-18-15-5-1-2-6-17(15)20-21-18/h8,13H,1-7,9-12H2,(H,20,21). The average molecular weight is 339 g/mol. The van der Waals surface area contributed by atoms with Crippen LogP contribution >= 0.6 is 0 Å². The first-order valence-corrected chi connectivity index (χ1v) is 9.63. The predicted octanol–water partition coefficient (Wildman–Crippen LogP) is 1.47. The zero-order valence-corrected chi connectivity index (χ0v) is 14.6. The van der Waals surface area contributed by atoms with E-state index in [0.717, 1.165) is 57.6 Å². The molecule has 3 aliphatic rings. The van der Waals surface area contributed by atoms with Gasteiger partial charge in [0.1, 0.15) is 0 Å². The molecule has 5 rings (SSSR count). The number of nitrogens with zero attached hydrogens (tertiary/aromatic N) is 4. The van der Waals surface area contributed by atoms with E-state index in [-0.39, 0.29) is 5.56 Å². The SMILES string of the molecule is O=c1cc2c(nn1CC1CN(Cc3n[nH]c4c3CCCC4)C1)CCC2. The smallest absolute Gasteiger partial charge is 0.267 e. The van der Waals surface area contributed by atoms with Crippen LogP contribution in [0.2, 0.25) is 0 Å². The molecule has 3 heterocycles. The molecule has 2 aromatic rings. The Balaban J connectivity index is 1.20. The third-order valence-electron chi connectivity index (χ3n) is 6.00. The predicted molar refractivity (Wildman–Crippen MR) is 94.5 cm³/mol. The summed E-state index contributed by atoms with van der Waals surface area (Å²) < 4.78 is 1.70. The van der Waals surface area contributed by atoms with Crippen LogP contribution in [0.1, 0.15) is 47.5 Å². The lowest BCUT2D eigenvalue weighted by Crippen LogP contribution is -2.49. The van der Waals surface area contributed by atoms with Gasteiger partial charge >= 0.3 is 0 Å². The fourth-order valence-corrected chi connectivity index (χ4v) is 4.63. The van der Waals surface area contributed by atoms with Crippen molar-refractivity contribution >= 4 is 0 Å². The van der Waals surface area contributed by atoms with Crippen LogP contribution in [-0.2, 0) is 38.8 Å². The Kier molecular flexibility index (Phi) is 3.73. The minimum atomic E-state index is 0.0699. The molecule has 2 aliphatic carbocycles. The third-order valence-corrected chi connectivity index (χ3v) is 6.00. The molecule has 6 nitrogen and oxygen atoms in total. The van der Waals surface area contributed by atoms with Gasteiger partial charge < -0.3 is 0 Å². The first-order valence-electron chi connectivity index (χ1n) is 9.63. The Morgan fingerprint density at radius 2 is 2.00 bits per heavy atom. The number of hydrogen-bond donors (Lipinski definition) is 1. The molecule has 2 aromatic heterocycles. The quantitative estimate of drug-likeness (QED) is 0.916. The summed E-state index contributed by atoms with van der Waals surface area (Å²) in [5, 5.41) is 12.4. The van der Waals surface area contributed by atoms with Gasteiger partial charge in [0, 0.05) is 37.3 Å². The molecule has 132 valence electrons. The number of fused-ring (bicyclic) bond motifs is 2. The molecule has 0 amide bonds. The van der Waals surface area contributed by atoms with Gasteiger partial charge in [0.15, 0.2) is 0 Å². The zero-order chi connectivity index (χ0) is 16.8. The maximum absolute atomic E-state index is 12.2. The lowest BCUT2D eigenvalue weighted by Gasteiger charge is -2.39. The summed E-state index contributed by atoms with van der Waals surface area (Å²) in [5.74, 6) is 0.527. The molecule has 1 saturated heterocycles. The van der Waals surface area contributed by atoms with Gasteiger partial charge in [0.2, 0.25) is 0 Å². The lowest BCUT2D eigenvalue weighted by atomic mass is 9.94. The number of rotatable bonds is 4. The molecule has 1 N–H and O–H groups in total. The maximum atomic E-state index is 12.2. The van der Waals surface area contributed by atoms with Crippen molar-refractivity contribution in [2.24, 2.45) is 5.92 Å². The molecule has 0 bridgehead atoms. The van der Waals surface area contributed by atoms with Crippen molar-refractivity contribution in [3.05, 3.63) is 44.6 Å². The molecule has 1 aliphatic heterocycles. The second-order valence-electron chi connectivity index (χ2n) is 7.88. The number of likely N-dealkylation sites (tertiary alicyclic amines) is 1. The molecule has 25 heavy (non-hydrogen) atoms. The van der Waals surface area contributed by atoms with E-state index in [4.69, 9.17) is 0 Å². The summed E-state index contributed by atoms with van der Waals surface area (Å²) in [4.78, 5) is 14.7. The van der Waals surface area contributed by atoms with E-state index < -0.39 is 0 Å². The first-order chi connectivity index (χ1) is 12.3. The van der Waals surface area contributed by atoms with E-state index in [9.17, 15) is 4.79 Å². The summed E-state index contributed by atoms with van der Waals surface area (Å²) in [6.07, 6.45) is 8.07. The number of aromatic amines is 1. The summed E-state index contributed by atoms with van der Waals surface area (Å²) in [6.45, 7) is 3.76. The van der Waals surface area contributed by atoms with Crippen LogP contribution in [0.3, 0.4) is 0 Å². The van der Waals surface area contributed by atoms with Crippen molar-refractivity contribution in [1.29, 1.82) is 0 Å². The van der Waals surface area contributed by atoms with Gasteiger partial charge in [-0.1, -0.05) is 0 Å². The van der Waals surface area contributed by atoms with Crippen molar-refractivity contribution in [1.82, 2.24) is 24.9 Å². The van der Waals surface area contributed by atoms with Crippen LogP contribution in [0.25, 0.3) is 0 Å². The van der Waals surface area contributed by atoms with Crippen molar-refractivity contribution in [3.8, 4) is 0 Å². The van der Waals surface area contributed by atoms with Crippen LogP contribution < -0.4 is 5.56 Å². The highest BCUT2D eigenvalue weighted by Gasteiger charge is 2.30. The highest BCUT2D eigenvalue weighted by atomic mass is 16.1. The van der Waals surface area contributed by atoms with Crippen LogP contribution in [0.15, 0.2) is 10.9 Å². The van der Waals surface area contributed by atoms with Crippen molar-refractivity contribution in [2.75, 3.05) is 13.1 Å². The van der Waals surface area contributed by atoms with Crippen molar-refractivity contribution in [2.45, 2.75) is 58.0 Å². The Bertz CT molecular complexity index is 846. The number of hydrogen-bond acceptors (Lipinski definition) is 4. The number of H-pyrrole nitrogens is 1. The average Bonchev–Trinajstić information content (AvgIpc) is 3.19. The molecular weight excluding hydrogens is 314 g/mol. The lowest BCUT2D eigenvalue weighted by molar-refractivity contribution is 0.0749. The van der Waals surface area contributed by atoms with Crippen LogP contribution in [0.5, 0.6) is 0 Å². The molecule has 0 atom stereocenters. The van der Waals surface area contributed by atoms with Gasteiger partial charge in [0.25, 0.3) is 5.56 Å². The summed E-state index contributed by atoms with van der Waals surface area (Å²) in [5.41, 5.74) is 6.43. The van der Waals surface area contributed by atoms with E-state index >= 15 is 0 Å². The second kappa shape index (κ2) is 6.09. The van der Waals surface area contributed by atoms with Gasteiger partial charge in [-0.3, -0.25) is 14.8 Å². The number of nitrogens with one attached hydrogen (secondary N) is 1. The van der Waals surface area contributed by atoms with Gasteiger partial charge in [0.05, 0.1) is 17.9 Å². The summed E-state index contributed by atoms with van der Waals surface area (Å²) in [6, 6.07) is 1.81. The van der Waals surface area contributed by atoms with E-state index in [2.05, 4.69) is 20.2 Å². The zero-order valence-electron chi connectivity index (χ0n) is 14.6. The van der Waals surface area contributed by atoms with Gasteiger partial charge in [-0.2, -0.15) is 10.2 Å². The fraction of sp³-hybridized carbons (Fsp3) is 0.632. The largest absolute Gasteiger partial charge is 0.297 e. The van der Waals surface area contributed by atoms with Gasteiger partial charge in [-0.15, -0.1) is 0 Å². The van der Waals surface area contributed by atoms with Crippen LogP contribution in [-0.4, -0.2) is 38.0 Å². The molecule has 0 radical (unpaired) electrons. The monoisotopic (exact) mass is 339 g/mol.